The normalized spacial score (nSPS) is 13.1. The lowest BCUT2D eigenvalue weighted by atomic mass is 10.0. The summed E-state index contributed by atoms with van der Waals surface area (Å²) in [5.41, 5.74) is 0. The molecule has 3 N–H and O–H groups in total. The van der Waals surface area contributed by atoms with E-state index < -0.39 is 18.2 Å². The number of unbranched alkanes of at least 4 members (excludes halogenated alkanes) is 36. The molecule has 6 heteroatoms. The van der Waals surface area contributed by atoms with E-state index in [0.29, 0.717) is 19.3 Å². The third-order valence-corrected chi connectivity index (χ3v) is 12.4. The second-order valence-electron chi connectivity index (χ2n) is 18.3. The fraction of sp³-hybridized carbons (Fsp3) is 0.962. The molecule has 0 aliphatic rings. The van der Waals surface area contributed by atoms with Crippen molar-refractivity contribution >= 4 is 11.9 Å². The molecule has 0 heterocycles. The van der Waals surface area contributed by atoms with Crippen molar-refractivity contribution in [3.63, 3.8) is 0 Å². The quantitative estimate of drug-likeness (QED) is 0.0420. The minimum atomic E-state index is -0.778. The van der Waals surface area contributed by atoms with Gasteiger partial charge in [-0.05, 0) is 25.7 Å². The number of rotatable bonds is 48. The molecule has 58 heavy (non-hydrogen) atoms. The van der Waals surface area contributed by atoms with E-state index >= 15 is 0 Å². The molecule has 3 atom stereocenters. The molecule has 0 aliphatic heterocycles. The third kappa shape index (κ3) is 41.6. The van der Waals surface area contributed by atoms with Gasteiger partial charge < -0.3 is 20.3 Å². The molecule has 3 unspecified atom stereocenters. The Morgan fingerprint density at radius 1 is 0.431 bits per heavy atom. The van der Waals surface area contributed by atoms with Crippen molar-refractivity contribution in [2.75, 3.05) is 6.61 Å². The average Bonchev–Trinajstić information content (AvgIpc) is 3.22. The average molecular weight is 822 g/mol. The minimum Gasteiger partial charge on any atom is -0.462 e. The van der Waals surface area contributed by atoms with Crippen molar-refractivity contribution in [1.29, 1.82) is 0 Å². The van der Waals surface area contributed by atoms with Crippen LogP contribution < -0.4 is 5.32 Å². The van der Waals surface area contributed by atoms with Gasteiger partial charge >= 0.3 is 5.97 Å². The number of carbonyl (C=O) groups is 2. The molecule has 6 nitrogen and oxygen atoms in total. The predicted molar refractivity (Wildman–Crippen MR) is 250 cm³/mol. The number of nitrogens with one attached hydrogen (secondary N) is 1. The molecule has 346 valence electrons. The molecular weight excluding hydrogens is 719 g/mol. The van der Waals surface area contributed by atoms with E-state index in [9.17, 15) is 19.8 Å². The van der Waals surface area contributed by atoms with Gasteiger partial charge in [-0.2, -0.15) is 0 Å². The second kappa shape index (κ2) is 46.9. The molecule has 0 saturated heterocycles. The lowest BCUT2D eigenvalue weighted by Gasteiger charge is -2.24. The summed E-state index contributed by atoms with van der Waals surface area (Å²) < 4.78 is 5.94. The lowest BCUT2D eigenvalue weighted by molar-refractivity contribution is -0.151. The number of amides is 1. The van der Waals surface area contributed by atoms with Crippen LogP contribution in [0.25, 0.3) is 0 Å². The van der Waals surface area contributed by atoms with Gasteiger partial charge in [-0.15, -0.1) is 0 Å². The molecular formula is C52H103NO5. The number of hydrogen-bond acceptors (Lipinski definition) is 5. The van der Waals surface area contributed by atoms with Gasteiger partial charge in [-0.25, -0.2) is 0 Å². The van der Waals surface area contributed by atoms with Gasteiger partial charge in [0.05, 0.1) is 25.2 Å². The summed E-state index contributed by atoms with van der Waals surface area (Å²) >= 11 is 0. The number of aliphatic hydroxyl groups is 2. The van der Waals surface area contributed by atoms with Crippen LogP contribution in [0.2, 0.25) is 0 Å². The van der Waals surface area contributed by atoms with E-state index in [-0.39, 0.29) is 24.9 Å². The van der Waals surface area contributed by atoms with E-state index in [1.54, 1.807) is 0 Å². The summed E-state index contributed by atoms with van der Waals surface area (Å²) in [6, 6.07) is -0.691. The molecule has 0 aliphatic carbocycles. The van der Waals surface area contributed by atoms with Gasteiger partial charge in [0, 0.05) is 6.42 Å². The number of esters is 1. The maximum absolute atomic E-state index is 13.2. The molecule has 0 fully saturated rings. The summed E-state index contributed by atoms with van der Waals surface area (Å²) in [5.74, 6) is -0.452. The first-order valence-corrected chi connectivity index (χ1v) is 26.3. The van der Waals surface area contributed by atoms with Crippen LogP contribution >= 0.6 is 0 Å². The summed E-state index contributed by atoms with van der Waals surface area (Å²) in [5, 5.41) is 23.7. The Bertz CT molecular complexity index is 837. The first-order chi connectivity index (χ1) is 28.5. The Morgan fingerprint density at radius 2 is 0.724 bits per heavy atom. The van der Waals surface area contributed by atoms with E-state index in [1.807, 2.05) is 0 Å². The highest BCUT2D eigenvalue weighted by molar-refractivity contribution is 5.77. The lowest BCUT2D eigenvalue weighted by Crippen LogP contribution is -2.46. The zero-order chi connectivity index (χ0) is 42.4. The number of hydrogen-bond donors (Lipinski definition) is 3. The summed E-state index contributed by atoms with van der Waals surface area (Å²) in [6.45, 7) is 6.50. The zero-order valence-electron chi connectivity index (χ0n) is 39.5. The highest BCUT2D eigenvalue weighted by Crippen LogP contribution is 2.19. The van der Waals surface area contributed by atoms with Crippen LogP contribution in [-0.2, 0) is 14.3 Å². The predicted octanol–water partition coefficient (Wildman–Crippen LogP) is 15.6. The maximum atomic E-state index is 13.2. The Balaban J connectivity index is 4.42. The molecule has 0 bridgehead atoms. The van der Waals surface area contributed by atoms with Gasteiger partial charge in [-0.3, -0.25) is 9.59 Å². The van der Waals surface area contributed by atoms with Crippen molar-refractivity contribution in [3.8, 4) is 0 Å². The molecule has 0 aromatic heterocycles. The van der Waals surface area contributed by atoms with Crippen LogP contribution in [0, 0.1) is 0 Å². The van der Waals surface area contributed by atoms with Crippen molar-refractivity contribution < 1.29 is 24.5 Å². The van der Waals surface area contributed by atoms with Gasteiger partial charge in [0.15, 0.2) is 0 Å². The molecule has 0 aromatic rings. The Hall–Kier alpha value is -1.14. The van der Waals surface area contributed by atoms with Crippen LogP contribution in [0.4, 0.5) is 0 Å². The highest BCUT2D eigenvalue weighted by atomic mass is 16.5. The fourth-order valence-corrected chi connectivity index (χ4v) is 8.43. The molecule has 1 amide bonds. The summed E-state index contributed by atoms with van der Waals surface area (Å²) in [7, 11) is 0. The van der Waals surface area contributed by atoms with Gasteiger partial charge in [0.25, 0.3) is 0 Å². The second-order valence-corrected chi connectivity index (χ2v) is 18.3. The van der Waals surface area contributed by atoms with E-state index in [0.717, 1.165) is 38.5 Å². The van der Waals surface area contributed by atoms with Crippen molar-refractivity contribution in [3.05, 3.63) is 0 Å². The molecule has 0 saturated carbocycles. The van der Waals surface area contributed by atoms with Gasteiger partial charge in [0.1, 0.15) is 6.10 Å². The first kappa shape index (κ1) is 56.9. The molecule has 0 rings (SSSR count). The molecule has 0 spiro atoms. The van der Waals surface area contributed by atoms with E-state index in [1.165, 1.54) is 212 Å². The third-order valence-electron chi connectivity index (χ3n) is 12.4. The van der Waals surface area contributed by atoms with Crippen molar-refractivity contribution in [2.45, 2.75) is 315 Å². The maximum Gasteiger partial charge on any atom is 0.306 e. The number of carbonyl (C=O) groups excluding carboxylic acids is 2. The Kier molecular flexibility index (Phi) is 46.0. The van der Waals surface area contributed by atoms with Gasteiger partial charge in [0.2, 0.25) is 5.91 Å². The summed E-state index contributed by atoms with van der Waals surface area (Å²) in [6.07, 6.45) is 50.3. The standard InChI is InChI=1S/C52H103NO5/c1-4-7-10-13-16-19-22-23-24-25-26-27-28-30-33-36-39-42-45-52(57)58-48(43-40-37-34-31-29-20-17-14-11-8-5-2)46-51(56)53-49(47-54)50(55)44-41-38-35-32-21-18-15-12-9-6-3/h48-50,54-55H,4-47H2,1-3H3,(H,53,56). The van der Waals surface area contributed by atoms with Crippen LogP contribution in [0.1, 0.15) is 297 Å². The van der Waals surface area contributed by atoms with Crippen molar-refractivity contribution in [1.82, 2.24) is 5.32 Å². The minimum absolute atomic E-state index is 0.0874. The van der Waals surface area contributed by atoms with Crippen LogP contribution in [0.3, 0.4) is 0 Å². The SMILES string of the molecule is CCCCCCCCCCCCCCCCCCCCC(=O)OC(CCCCCCCCCCCCC)CC(=O)NC(CO)C(O)CCCCCCCCCCCC. The van der Waals surface area contributed by atoms with Crippen LogP contribution in [0.5, 0.6) is 0 Å². The Morgan fingerprint density at radius 3 is 1.05 bits per heavy atom. The van der Waals surface area contributed by atoms with Crippen LogP contribution in [0.15, 0.2) is 0 Å². The Labute approximate surface area is 362 Å². The zero-order valence-corrected chi connectivity index (χ0v) is 39.5. The summed E-state index contributed by atoms with van der Waals surface area (Å²) in [4.78, 5) is 26.1. The fourth-order valence-electron chi connectivity index (χ4n) is 8.43. The molecule has 0 radical (unpaired) electrons. The smallest absolute Gasteiger partial charge is 0.306 e. The van der Waals surface area contributed by atoms with E-state index in [4.69, 9.17) is 4.74 Å². The number of aliphatic hydroxyl groups excluding tert-OH is 2. The topological polar surface area (TPSA) is 95.9 Å². The highest BCUT2D eigenvalue weighted by Gasteiger charge is 2.24. The number of ether oxygens (including phenoxy) is 1. The van der Waals surface area contributed by atoms with Crippen molar-refractivity contribution in [2.24, 2.45) is 0 Å². The van der Waals surface area contributed by atoms with Crippen LogP contribution in [-0.4, -0.2) is 46.9 Å². The monoisotopic (exact) mass is 822 g/mol. The largest absolute Gasteiger partial charge is 0.462 e. The van der Waals surface area contributed by atoms with E-state index in [2.05, 4.69) is 26.1 Å². The first-order valence-electron chi connectivity index (χ1n) is 26.3. The molecule has 0 aromatic carbocycles. The van der Waals surface area contributed by atoms with Gasteiger partial charge in [-0.1, -0.05) is 258 Å².